The van der Waals surface area contributed by atoms with Crippen LogP contribution in [0.25, 0.3) is 0 Å². The molecule has 8 atom stereocenters. The number of carbonyl (C=O) groups is 1. The molecule has 1 aromatic heterocycles. The van der Waals surface area contributed by atoms with E-state index >= 15 is 0 Å². The van der Waals surface area contributed by atoms with Crippen molar-refractivity contribution in [1.82, 2.24) is 4.98 Å². The SMILES string of the molecule is CC(C)CCC[C@H](C)[C@@H]1CC[C@@H]2[C@H]3CC=C4C[C@@H](OC(=O)c5cccnc5)CC[C@]4(C)[C@@H]3CC[C@@]21C. The summed E-state index contributed by atoms with van der Waals surface area (Å²) in [5, 5.41) is 0. The fourth-order valence-electron chi connectivity index (χ4n) is 9.46. The van der Waals surface area contributed by atoms with Crippen LogP contribution in [-0.4, -0.2) is 17.1 Å². The molecule has 0 spiro atoms. The zero-order chi connectivity index (χ0) is 25.5. The average Bonchev–Trinajstić information content (AvgIpc) is 3.22. The van der Waals surface area contributed by atoms with Gasteiger partial charge in [0.1, 0.15) is 6.10 Å². The Morgan fingerprint density at radius 1 is 1.08 bits per heavy atom. The number of allylic oxidation sites excluding steroid dienone is 1. The second-order valence-corrected chi connectivity index (χ2v) is 13.8. The third-order valence-electron chi connectivity index (χ3n) is 11.4. The number of pyridine rings is 1. The Morgan fingerprint density at radius 2 is 1.92 bits per heavy atom. The van der Waals surface area contributed by atoms with Gasteiger partial charge in [-0.1, -0.05) is 65.5 Å². The molecule has 3 fully saturated rings. The second-order valence-electron chi connectivity index (χ2n) is 13.8. The summed E-state index contributed by atoms with van der Waals surface area (Å²) < 4.78 is 5.96. The molecule has 198 valence electrons. The Kier molecular flexibility index (Phi) is 7.40. The molecule has 0 amide bonds. The number of aromatic nitrogens is 1. The summed E-state index contributed by atoms with van der Waals surface area (Å²) in [6.45, 7) is 12.5. The van der Waals surface area contributed by atoms with Crippen molar-refractivity contribution in [2.45, 2.75) is 111 Å². The number of hydrogen-bond donors (Lipinski definition) is 0. The summed E-state index contributed by atoms with van der Waals surface area (Å²) in [7, 11) is 0. The topological polar surface area (TPSA) is 39.2 Å². The van der Waals surface area contributed by atoms with E-state index in [1.165, 1.54) is 51.4 Å². The molecule has 0 saturated heterocycles. The molecule has 0 unspecified atom stereocenters. The fourth-order valence-corrected chi connectivity index (χ4v) is 9.46. The monoisotopic (exact) mass is 491 g/mol. The third-order valence-corrected chi connectivity index (χ3v) is 11.4. The molecule has 3 saturated carbocycles. The minimum atomic E-state index is -0.223. The van der Waals surface area contributed by atoms with Gasteiger partial charge in [-0.25, -0.2) is 4.79 Å². The van der Waals surface area contributed by atoms with Crippen molar-refractivity contribution in [2.24, 2.45) is 46.3 Å². The predicted octanol–water partition coefficient (Wildman–Crippen LogP) is 8.65. The lowest BCUT2D eigenvalue weighted by atomic mass is 9.47. The smallest absolute Gasteiger partial charge is 0.339 e. The first kappa shape index (κ1) is 26.0. The molecule has 0 aliphatic heterocycles. The van der Waals surface area contributed by atoms with Gasteiger partial charge in [0.2, 0.25) is 0 Å². The molecule has 1 aromatic rings. The Balaban J connectivity index is 1.25. The van der Waals surface area contributed by atoms with Gasteiger partial charge in [0.05, 0.1) is 5.56 Å². The highest BCUT2D eigenvalue weighted by Gasteiger charge is 2.59. The number of hydrogen-bond acceptors (Lipinski definition) is 3. The standard InChI is InChI=1S/C33H49NO2/c1-22(2)8-6-9-23(3)28-13-14-29-27-12-11-25-20-26(36-31(35)24-10-7-19-34-21-24)15-17-32(25,4)30(27)16-18-33(28,29)5/h7,10-11,19,21-23,26-30H,6,8-9,12-18,20H2,1-5H3/t23-,26-,27+,28-,29+,30+,32-,33+/m0/s1. The van der Waals surface area contributed by atoms with Crippen LogP contribution in [-0.2, 0) is 4.74 Å². The van der Waals surface area contributed by atoms with Gasteiger partial charge in [0.15, 0.2) is 0 Å². The normalized spacial score (nSPS) is 38.5. The quantitative estimate of drug-likeness (QED) is 0.283. The van der Waals surface area contributed by atoms with E-state index in [2.05, 4.69) is 45.7 Å². The molecule has 4 aliphatic rings. The van der Waals surface area contributed by atoms with Crippen molar-refractivity contribution in [2.75, 3.05) is 0 Å². The van der Waals surface area contributed by atoms with E-state index in [4.69, 9.17) is 4.74 Å². The largest absolute Gasteiger partial charge is 0.458 e. The molecule has 3 nitrogen and oxygen atoms in total. The van der Waals surface area contributed by atoms with Gasteiger partial charge < -0.3 is 4.74 Å². The van der Waals surface area contributed by atoms with Crippen LogP contribution < -0.4 is 0 Å². The zero-order valence-corrected chi connectivity index (χ0v) is 23.5. The van der Waals surface area contributed by atoms with Gasteiger partial charge in [0.25, 0.3) is 0 Å². The highest BCUT2D eigenvalue weighted by molar-refractivity contribution is 5.89. The molecule has 1 heterocycles. The first-order valence-electron chi connectivity index (χ1n) is 15.0. The molecule has 4 aliphatic carbocycles. The lowest BCUT2D eigenvalue weighted by molar-refractivity contribution is -0.0594. The molecule has 0 aromatic carbocycles. The molecule has 3 heteroatoms. The number of carbonyl (C=O) groups excluding carboxylic acids is 1. The predicted molar refractivity (Wildman–Crippen MR) is 146 cm³/mol. The Bertz CT molecular complexity index is 954. The van der Waals surface area contributed by atoms with Crippen LogP contribution >= 0.6 is 0 Å². The molecule has 5 rings (SSSR count). The first-order valence-corrected chi connectivity index (χ1v) is 15.0. The first-order chi connectivity index (χ1) is 17.2. The number of fused-ring (bicyclic) bond motifs is 5. The van der Waals surface area contributed by atoms with Gasteiger partial charge in [-0.05, 0) is 103 Å². The van der Waals surface area contributed by atoms with Crippen LogP contribution in [0.3, 0.4) is 0 Å². The minimum Gasteiger partial charge on any atom is -0.458 e. The molecule has 36 heavy (non-hydrogen) atoms. The lowest BCUT2D eigenvalue weighted by Crippen LogP contribution is -2.51. The van der Waals surface area contributed by atoms with E-state index < -0.39 is 0 Å². The van der Waals surface area contributed by atoms with E-state index in [0.29, 0.717) is 16.4 Å². The van der Waals surface area contributed by atoms with Crippen LogP contribution in [0.15, 0.2) is 36.2 Å². The highest BCUT2D eigenvalue weighted by atomic mass is 16.5. The van der Waals surface area contributed by atoms with Crippen molar-refractivity contribution in [3.63, 3.8) is 0 Å². The second kappa shape index (κ2) is 10.3. The van der Waals surface area contributed by atoms with Crippen LogP contribution in [0.4, 0.5) is 0 Å². The van der Waals surface area contributed by atoms with E-state index in [1.54, 1.807) is 30.1 Å². The van der Waals surface area contributed by atoms with Gasteiger partial charge in [0, 0.05) is 18.8 Å². The van der Waals surface area contributed by atoms with Crippen molar-refractivity contribution in [1.29, 1.82) is 0 Å². The van der Waals surface area contributed by atoms with E-state index in [1.807, 2.05) is 0 Å². The van der Waals surface area contributed by atoms with E-state index in [-0.39, 0.29) is 12.1 Å². The zero-order valence-electron chi connectivity index (χ0n) is 23.5. The van der Waals surface area contributed by atoms with Gasteiger partial charge in [-0.3, -0.25) is 4.98 Å². The molecule has 0 radical (unpaired) electrons. The van der Waals surface area contributed by atoms with Crippen LogP contribution in [0, 0.1) is 46.3 Å². The van der Waals surface area contributed by atoms with Crippen molar-refractivity contribution >= 4 is 5.97 Å². The minimum absolute atomic E-state index is 0.00462. The van der Waals surface area contributed by atoms with Gasteiger partial charge >= 0.3 is 5.97 Å². The highest BCUT2D eigenvalue weighted by Crippen LogP contribution is 2.67. The Hall–Kier alpha value is -1.64. The van der Waals surface area contributed by atoms with Crippen molar-refractivity contribution in [3.8, 4) is 0 Å². The number of nitrogens with zero attached hydrogens (tertiary/aromatic N) is 1. The molecule has 0 N–H and O–H groups in total. The average molecular weight is 492 g/mol. The summed E-state index contributed by atoms with van der Waals surface area (Å²) in [6.07, 6.45) is 20.1. The van der Waals surface area contributed by atoms with Crippen molar-refractivity contribution < 1.29 is 9.53 Å². The van der Waals surface area contributed by atoms with Crippen molar-refractivity contribution in [3.05, 3.63) is 41.7 Å². The molecule has 0 bridgehead atoms. The van der Waals surface area contributed by atoms with Gasteiger partial charge in [-0.2, -0.15) is 0 Å². The lowest BCUT2D eigenvalue weighted by Gasteiger charge is -2.58. The Morgan fingerprint density at radius 3 is 2.67 bits per heavy atom. The van der Waals surface area contributed by atoms with Crippen LogP contribution in [0.1, 0.15) is 116 Å². The van der Waals surface area contributed by atoms with E-state index in [0.717, 1.165) is 54.8 Å². The summed E-state index contributed by atoms with van der Waals surface area (Å²) in [4.78, 5) is 16.7. The maximum absolute atomic E-state index is 12.6. The fraction of sp³-hybridized carbons (Fsp3) is 0.758. The molecular formula is C33H49NO2. The Labute approximate surface area is 219 Å². The van der Waals surface area contributed by atoms with Crippen LogP contribution in [0.2, 0.25) is 0 Å². The summed E-state index contributed by atoms with van der Waals surface area (Å²) in [5.41, 5.74) is 2.97. The maximum atomic E-state index is 12.6. The van der Waals surface area contributed by atoms with E-state index in [9.17, 15) is 4.79 Å². The summed E-state index contributed by atoms with van der Waals surface area (Å²) in [6, 6.07) is 3.60. The third kappa shape index (κ3) is 4.69. The molecular weight excluding hydrogens is 442 g/mol. The van der Waals surface area contributed by atoms with Gasteiger partial charge in [-0.15, -0.1) is 0 Å². The number of esters is 1. The van der Waals surface area contributed by atoms with Crippen LogP contribution in [0.5, 0.6) is 0 Å². The number of rotatable bonds is 7. The maximum Gasteiger partial charge on any atom is 0.339 e. The number of ether oxygens (including phenoxy) is 1. The summed E-state index contributed by atoms with van der Waals surface area (Å²) in [5.74, 6) is 4.93. The summed E-state index contributed by atoms with van der Waals surface area (Å²) >= 11 is 0.